The summed E-state index contributed by atoms with van der Waals surface area (Å²) in [7, 11) is 0. The second-order valence-corrected chi connectivity index (χ2v) is 9.75. The molecule has 2 aromatic heterocycles. The number of carbonyl (C=O) groups is 3. The van der Waals surface area contributed by atoms with Crippen LogP contribution in [-0.2, 0) is 14.4 Å². The van der Waals surface area contributed by atoms with Gasteiger partial charge in [-0.25, -0.2) is 0 Å². The van der Waals surface area contributed by atoms with Crippen molar-refractivity contribution < 1.29 is 18.9 Å². The summed E-state index contributed by atoms with van der Waals surface area (Å²) >= 11 is 0. The zero-order chi connectivity index (χ0) is 24.2. The van der Waals surface area contributed by atoms with Crippen molar-refractivity contribution in [1.29, 1.82) is 0 Å². The summed E-state index contributed by atoms with van der Waals surface area (Å²) in [4.78, 5) is 51.1. The highest BCUT2D eigenvalue weighted by atomic mass is 16.5. The van der Waals surface area contributed by atoms with Gasteiger partial charge in [0, 0.05) is 56.0 Å². The molecule has 0 spiro atoms. The Labute approximate surface area is 204 Å². The summed E-state index contributed by atoms with van der Waals surface area (Å²) < 4.78 is 5.62. The molecule has 1 N–H and O–H groups in total. The molecule has 3 atom stereocenters. The van der Waals surface area contributed by atoms with E-state index in [4.69, 9.17) is 4.52 Å². The summed E-state index contributed by atoms with van der Waals surface area (Å²) in [5.74, 6) is 0.394. The smallest absolute Gasteiger partial charge is 0.242 e. The van der Waals surface area contributed by atoms with Gasteiger partial charge in [0.1, 0.15) is 0 Å². The van der Waals surface area contributed by atoms with E-state index in [9.17, 15) is 14.4 Å². The number of carbonyl (C=O) groups excluding carboxylic acids is 3. The molecule has 0 aromatic carbocycles. The lowest BCUT2D eigenvalue weighted by Gasteiger charge is -2.33. The Kier molecular flexibility index (Phi) is 7.06. The Morgan fingerprint density at radius 1 is 1.11 bits per heavy atom. The van der Waals surface area contributed by atoms with Crippen molar-refractivity contribution in [1.82, 2.24) is 30.2 Å². The number of aromatic nitrogens is 3. The number of nitrogens with one attached hydrogen (secondary N) is 1. The van der Waals surface area contributed by atoms with Gasteiger partial charge in [-0.3, -0.25) is 19.4 Å². The van der Waals surface area contributed by atoms with Crippen LogP contribution < -0.4 is 5.32 Å². The second kappa shape index (κ2) is 10.5. The minimum Gasteiger partial charge on any atom is -0.356 e. The lowest BCUT2D eigenvalue weighted by Crippen LogP contribution is -2.50. The van der Waals surface area contributed by atoms with Crippen LogP contribution in [0.25, 0.3) is 11.4 Å². The van der Waals surface area contributed by atoms with Crippen molar-refractivity contribution in [2.75, 3.05) is 26.2 Å². The van der Waals surface area contributed by atoms with E-state index in [1.807, 2.05) is 17.0 Å². The summed E-state index contributed by atoms with van der Waals surface area (Å²) in [5.41, 5.74) is 0.764. The van der Waals surface area contributed by atoms with Crippen LogP contribution in [0.3, 0.4) is 0 Å². The fourth-order valence-electron chi connectivity index (χ4n) is 5.56. The van der Waals surface area contributed by atoms with Gasteiger partial charge in [-0.1, -0.05) is 18.0 Å². The Morgan fingerprint density at radius 3 is 2.80 bits per heavy atom. The number of fused-ring (bicyclic) bond motifs is 1. The molecule has 2 aromatic rings. The van der Waals surface area contributed by atoms with Gasteiger partial charge in [0.15, 0.2) is 0 Å². The zero-order valence-electron chi connectivity index (χ0n) is 19.9. The molecule has 5 rings (SSSR count). The van der Waals surface area contributed by atoms with E-state index >= 15 is 0 Å². The molecule has 3 aliphatic rings. The third-order valence-corrected chi connectivity index (χ3v) is 7.42. The molecular formula is C25H32N6O4. The van der Waals surface area contributed by atoms with Crippen molar-refractivity contribution in [3.63, 3.8) is 0 Å². The molecule has 10 nitrogen and oxygen atoms in total. The molecule has 4 heterocycles. The molecule has 3 fully saturated rings. The molecule has 0 radical (unpaired) electrons. The number of amides is 3. The lowest BCUT2D eigenvalue weighted by atomic mass is 10.00. The maximum absolute atomic E-state index is 13.5. The van der Waals surface area contributed by atoms with E-state index < -0.39 is 0 Å². The summed E-state index contributed by atoms with van der Waals surface area (Å²) in [6.45, 7) is 1.94. The number of likely N-dealkylation sites (tertiary alicyclic amines) is 1. The van der Waals surface area contributed by atoms with E-state index in [0.29, 0.717) is 50.6 Å². The standard InChI is InChI=1S/C25H32N6O4/c32-21-8-6-11-30(21)16-22(33)31-12-4-2-1-3-10-27-24(34)19-13-18(14-20(19)31)25-28-23(29-35-25)17-7-5-9-26-15-17/h5,7,9,15,18-20H,1-4,6,8,10-14,16H2,(H,27,34). The van der Waals surface area contributed by atoms with E-state index in [0.717, 1.165) is 37.7 Å². The van der Waals surface area contributed by atoms with Crippen LogP contribution in [0, 0.1) is 5.92 Å². The van der Waals surface area contributed by atoms with Crippen LogP contribution in [0.2, 0.25) is 0 Å². The largest absolute Gasteiger partial charge is 0.356 e. The molecule has 0 bridgehead atoms. The first kappa shape index (κ1) is 23.4. The summed E-state index contributed by atoms with van der Waals surface area (Å²) in [5, 5.41) is 7.20. The molecular weight excluding hydrogens is 448 g/mol. The minimum atomic E-state index is -0.356. The fraction of sp³-hybridized carbons (Fsp3) is 0.600. The average Bonchev–Trinajstić information content (AvgIpc) is 3.61. The highest BCUT2D eigenvalue weighted by molar-refractivity contribution is 5.87. The van der Waals surface area contributed by atoms with E-state index in [-0.39, 0.29) is 42.1 Å². The van der Waals surface area contributed by atoms with Crippen LogP contribution in [0.1, 0.15) is 63.2 Å². The molecule has 1 saturated carbocycles. The molecule has 3 unspecified atom stereocenters. The Bertz CT molecular complexity index is 1060. The fourth-order valence-corrected chi connectivity index (χ4v) is 5.56. The zero-order valence-corrected chi connectivity index (χ0v) is 19.9. The van der Waals surface area contributed by atoms with Crippen LogP contribution in [0.5, 0.6) is 0 Å². The van der Waals surface area contributed by atoms with Crippen molar-refractivity contribution in [2.45, 2.75) is 63.3 Å². The predicted octanol–water partition coefficient (Wildman–Crippen LogP) is 2.13. The topological polar surface area (TPSA) is 122 Å². The first-order valence-electron chi connectivity index (χ1n) is 12.7. The third-order valence-electron chi connectivity index (χ3n) is 7.42. The van der Waals surface area contributed by atoms with Gasteiger partial charge in [0.25, 0.3) is 0 Å². The predicted molar refractivity (Wildman–Crippen MR) is 126 cm³/mol. The van der Waals surface area contributed by atoms with Crippen molar-refractivity contribution >= 4 is 17.7 Å². The van der Waals surface area contributed by atoms with Gasteiger partial charge in [-0.2, -0.15) is 4.98 Å². The van der Waals surface area contributed by atoms with Crippen molar-refractivity contribution in [3.05, 3.63) is 30.4 Å². The number of pyridine rings is 1. The molecule has 1 aliphatic carbocycles. The SMILES string of the molecule is O=C1NCCCCCCN(C(=O)CN2CCCC2=O)C2CC(c3nc(-c4cccnc4)no3)CC12. The number of nitrogens with zero attached hydrogens (tertiary/aromatic N) is 5. The first-order chi connectivity index (χ1) is 17.1. The quantitative estimate of drug-likeness (QED) is 0.711. The lowest BCUT2D eigenvalue weighted by molar-refractivity contribution is -0.141. The highest BCUT2D eigenvalue weighted by Gasteiger charge is 2.46. The van der Waals surface area contributed by atoms with E-state index in [2.05, 4.69) is 20.4 Å². The average molecular weight is 481 g/mol. The summed E-state index contributed by atoms with van der Waals surface area (Å²) in [6.07, 6.45) is 9.61. The monoisotopic (exact) mass is 480 g/mol. The van der Waals surface area contributed by atoms with Crippen LogP contribution in [-0.4, -0.2) is 74.9 Å². The van der Waals surface area contributed by atoms with Crippen LogP contribution in [0.4, 0.5) is 0 Å². The Balaban J connectivity index is 1.38. The van der Waals surface area contributed by atoms with Gasteiger partial charge in [-0.15, -0.1) is 0 Å². The van der Waals surface area contributed by atoms with Crippen LogP contribution >= 0.6 is 0 Å². The molecule has 2 aliphatic heterocycles. The van der Waals surface area contributed by atoms with Gasteiger partial charge >= 0.3 is 0 Å². The second-order valence-electron chi connectivity index (χ2n) is 9.75. The number of hydrogen-bond donors (Lipinski definition) is 1. The van der Waals surface area contributed by atoms with E-state index in [1.54, 1.807) is 17.3 Å². The van der Waals surface area contributed by atoms with Gasteiger partial charge in [-0.05, 0) is 44.2 Å². The van der Waals surface area contributed by atoms with E-state index in [1.165, 1.54) is 0 Å². The maximum atomic E-state index is 13.5. The van der Waals surface area contributed by atoms with Crippen LogP contribution in [0.15, 0.2) is 29.0 Å². The number of rotatable bonds is 4. The Morgan fingerprint density at radius 2 is 2.00 bits per heavy atom. The van der Waals surface area contributed by atoms with Crippen molar-refractivity contribution in [2.24, 2.45) is 5.92 Å². The van der Waals surface area contributed by atoms with Gasteiger partial charge in [0.2, 0.25) is 29.4 Å². The van der Waals surface area contributed by atoms with Gasteiger partial charge < -0.3 is 19.6 Å². The first-order valence-corrected chi connectivity index (χ1v) is 12.7. The highest BCUT2D eigenvalue weighted by Crippen LogP contribution is 2.41. The molecule has 10 heteroatoms. The molecule has 35 heavy (non-hydrogen) atoms. The normalized spacial score (nSPS) is 25.8. The molecule has 2 saturated heterocycles. The van der Waals surface area contributed by atoms with Gasteiger partial charge in [0.05, 0.1) is 12.5 Å². The minimum absolute atomic E-state index is 0.0264. The maximum Gasteiger partial charge on any atom is 0.242 e. The van der Waals surface area contributed by atoms with Crippen molar-refractivity contribution in [3.8, 4) is 11.4 Å². The molecule has 186 valence electrons. The summed E-state index contributed by atoms with van der Waals surface area (Å²) in [6, 6.07) is 3.42. The Hall–Kier alpha value is -3.30. The number of hydrogen-bond acceptors (Lipinski definition) is 7. The third kappa shape index (κ3) is 5.21. The molecule has 3 amide bonds.